The van der Waals surface area contributed by atoms with E-state index in [4.69, 9.17) is 9.47 Å². The Morgan fingerprint density at radius 2 is 1.95 bits per heavy atom. The molecule has 0 aliphatic heterocycles. The highest BCUT2D eigenvalue weighted by atomic mass is 19.1. The van der Waals surface area contributed by atoms with Gasteiger partial charge in [-0.3, -0.25) is 4.79 Å². The number of carbonyl (C=O) groups is 1. The first-order chi connectivity index (χ1) is 10.1. The first-order valence-corrected chi connectivity index (χ1v) is 7.32. The van der Waals surface area contributed by atoms with Gasteiger partial charge in [-0.2, -0.15) is 0 Å². The van der Waals surface area contributed by atoms with E-state index in [2.05, 4.69) is 0 Å². The van der Waals surface area contributed by atoms with Crippen LogP contribution in [0.15, 0.2) is 18.2 Å². The van der Waals surface area contributed by atoms with E-state index in [0.717, 1.165) is 31.7 Å². The van der Waals surface area contributed by atoms with Crippen LogP contribution in [-0.2, 0) is 20.9 Å². The van der Waals surface area contributed by atoms with Crippen LogP contribution in [-0.4, -0.2) is 18.7 Å². The van der Waals surface area contributed by atoms with Gasteiger partial charge in [-0.1, -0.05) is 6.07 Å². The lowest BCUT2D eigenvalue weighted by atomic mass is 9.87. The van der Waals surface area contributed by atoms with Crippen LogP contribution in [0.1, 0.15) is 38.2 Å². The zero-order valence-corrected chi connectivity index (χ0v) is 12.1. The monoisotopic (exact) mass is 298 g/mol. The number of ether oxygens (including phenoxy) is 2. The number of benzene rings is 1. The molecule has 1 aromatic carbocycles. The number of esters is 1. The lowest BCUT2D eigenvalue weighted by Crippen LogP contribution is -2.27. The summed E-state index contributed by atoms with van der Waals surface area (Å²) in [5.74, 6) is -1.37. The van der Waals surface area contributed by atoms with Gasteiger partial charge in [0, 0.05) is 11.6 Å². The fraction of sp³-hybridized carbons (Fsp3) is 0.562. The molecule has 0 N–H and O–H groups in total. The average molecular weight is 298 g/mol. The van der Waals surface area contributed by atoms with E-state index in [1.54, 1.807) is 6.92 Å². The molecular formula is C16H20F2O3. The minimum Gasteiger partial charge on any atom is -0.466 e. The predicted molar refractivity (Wildman–Crippen MR) is 73.5 cm³/mol. The van der Waals surface area contributed by atoms with Crippen LogP contribution in [0.2, 0.25) is 0 Å². The van der Waals surface area contributed by atoms with E-state index >= 15 is 0 Å². The minimum absolute atomic E-state index is 0.0140. The summed E-state index contributed by atoms with van der Waals surface area (Å²) in [4.78, 5) is 11.6. The summed E-state index contributed by atoms with van der Waals surface area (Å²) in [5.41, 5.74) is 0.351. The van der Waals surface area contributed by atoms with Crippen molar-refractivity contribution in [1.29, 1.82) is 0 Å². The number of halogens is 2. The Hall–Kier alpha value is -1.49. The summed E-state index contributed by atoms with van der Waals surface area (Å²) in [6.45, 7) is 2.32. The van der Waals surface area contributed by atoms with Gasteiger partial charge in [0.25, 0.3) is 0 Å². The molecule has 0 bridgehead atoms. The van der Waals surface area contributed by atoms with Crippen molar-refractivity contribution in [2.75, 3.05) is 6.61 Å². The van der Waals surface area contributed by atoms with Crippen LogP contribution in [0, 0.1) is 17.6 Å². The smallest absolute Gasteiger partial charge is 0.308 e. The normalized spacial score (nSPS) is 22.0. The molecule has 21 heavy (non-hydrogen) atoms. The maximum atomic E-state index is 13.5. The Bertz CT molecular complexity index is 482. The van der Waals surface area contributed by atoms with E-state index in [9.17, 15) is 13.6 Å². The van der Waals surface area contributed by atoms with Gasteiger partial charge in [0.2, 0.25) is 0 Å². The van der Waals surface area contributed by atoms with Crippen LogP contribution < -0.4 is 0 Å². The third kappa shape index (κ3) is 4.49. The molecule has 1 saturated carbocycles. The lowest BCUT2D eigenvalue weighted by molar-refractivity contribution is -0.150. The number of rotatable bonds is 5. The van der Waals surface area contributed by atoms with Gasteiger partial charge >= 0.3 is 5.97 Å². The number of hydrogen-bond acceptors (Lipinski definition) is 3. The molecule has 2 rings (SSSR count). The van der Waals surface area contributed by atoms with Gasteiger partial charge in [0.15, 0.2) is 0 Å². The highest BCUT2D eigenvalue weighted by molar-refractivity contribution is 5.72. The van der Waals surface area contributed by atoms with Crippen molar-refractivity contribution < 1.29 is 23.0 Å². The Morgan fingerprint density at radius 1 is 1.24 bits per heavy atom. The van der Waals surface area contributed by atoms with Crippen molar-refractivity contribution in [2.45, 2.75) is 45.3 Å². The topological polar surface area (TPSA) is 35.5 Å². The summed E-state index contributed by atoms with van der Waals surface area (Å²) in [5, 5.41) is 0. The van der Waals surface area contributed by atoms with Crippen molar-refractivity contribution >= 4 is 5.97 Å². The molecule has 0 radical (unpaired) electrons. The molecule has 0 heterocycles. The van der Waals surface area contributed by atoms with E-state index in [0.29, 0.717) is 12.2 Å². The molecule has 3 nitrogen and oxygen atoms in total. The van der Waals surface area contributed by atoms with Crippen molar-refractivity contribution in [2.24, 2.45) is 5.92 Å². The van der Waals surface area contributed by atoms with Crippen molar-refractivity contribution in [3.8, 4) is 0 Å². The lowest BCUT2D eigenvalue weighted by Gasteiger charge is -2.27. The van der Waals surface area contributed by atoms with E-state index in [-0.39, 0.29) is 24.6 Å². The minimum atomic E-state index is -0.591. The van der Waals surface area contributed by atoms with E-state index in [1.807, 2.05) is 0 Å². The molecule has 0 spiro atoms. The second-order valence-electron chi connectivity index (χ2n) is 5.27. The molecule has 0 amide bonds. The Kier molecular flexibility index (Phi) is 5.67. The fourth-order valence-corrected chi connectivity index (χ4v) is 2.57. The first kappa shape index (κ1) is 15.9. The van der Waals surface area contributed by atoms with Gasteiger partial charge < -0.3 is 9.47 Å². The fourth-order valence-electron chi connectivity index (χ4n) is 2.57. The van der Waals surface area contributed by atoms with Crippen LogP contribution in [0.25, 0.3) is 0 Å². The summed E-state index contributed by atoms with van der Waals surface area (Å²) in [6.07, 6.45) is 2.99. The molecule has 1 aliphatic rings. The molecular weight excluding hydrogens is 278 g/mol. The summed E-state index contributed by atoms with van der Waals surface area (Å²) in [6, 6.07) is 3.48. The first-order valence-electron chi connectivity index (χ1n) is 7.32. The molecule has 0 saturated heterocycles. The SMILES string of the molecule is CCOC(=O)C1CCC(OCc2ccc(F)cc2F)CC1. The van der Waals surface area contributed by atoms with Gasteiger partial charge in [0.05, 0.1) is 25.2 Å². The molecule has 0 atom stereocenters. The Morgan fingerprint density at radius 3 is 2.57 bits per heavy atom. The largest absolute Gasteiger partial charge is 0.466 e. The van der Waals surface area contributed by atoms with E-state index < -0.39 is 11.6 Å². The van der Waals surface area contributed by atoms with Gasteiger partial charge in [-0.15, -0.1) is 0 Å². The maximum absolute atomic E-state index is 13.5. The molecule has 1 aliphatic carbocycles. The third-order valence-electron chi connectivity index (χ3n) is 3.78. The van der Waals surface area contributed by atoms with Gasteiger partial charge in [0.1, 0.15) is 11.6 Å². The second-order valence-corrected chi connectivity index (χ2v) is 5.27. The molecule has 1 aromatic rings. The van der Waals surface area contributed by atoms with Gasteiger partial charge in [-0.25, -0.2) is 8.78 Å². The van der Waals surface area contributed by atoms with Crippen LogP contribution >= 0.6 is 0 Å². The molecule has 116 valence electrons. The predicted octanol–water partition coefficient (Wildman–Crippen LogP) is 3.60. The maximum Gasteiger partial charge on any atom is 0.308 e. The molecule has 1 fully saturated rings. The Labute approximate surface area is 123 Å². The summed E-state index contributed by atoms with van der Waals surface area (Å²) >= 11 is 0. The average Bonchev–Trinajstić information content (AvgIpc) is 2.47. The zero-order chi connectivity index (χ0) is 15.2. The molecule has 5 heteroatoms. The van der Waals surface area contributed by atoms with Crippen molar-refractivity contribution in [3.63, 3.8) is 0 Å². The van der Waals surface area contributed by atoms with E-state index in [1.165, 1.54) is 12.1 Å². The molecule has 0 aromatic heterocycles. The summed E-state index contributed by atoms with van der Waals surface area (Å²) in [7, 11) is 0. The second kappa shape index (κ2) is 7.50. The standard InChI is InChI=1S/C16H20F2O3/c1-2-20-16(19)11-4-7-14(8-5-11)21-10-12-3-6-13(17)9-15(12)18/h3,6,9,11,14H,2,4-5,7-8,10H2,1H3. The highest BCUT2D eigenvalue weighted by Crippen LogP contribution is 2.28. The zero-order valence-electron chi connectivity index (χ0n) is 12.1. The van der Waals surface area contributed by atoms with Crippen molar-refractivity contribution in [3.05, 3.63) is 35.4 Å². The quantitative estimate of drug-likeness (QED) is 0.779. The van der Waals surface area contributed by atoms with Crippen LogP contribution in [0.4, 0.5) is 8.78 Å². The third-order valence-corrected chi connectivity index (χ3v) is 3.78. The Balaban J connectivity index is 1.77. The molecule has 0 unspecified atom stereocenters. The van der Waals surface area contributed by atoms with Crippen molar-refractivity contribution in [1.82, 2.24) is 0 Å². The van der Waals surface area contributed by atoms with Crippen LogP contribution in [0.3, 0.4) is 0 Å². The highest BCUT2D eigenvalue weighted by Gasteiger charge is 2.27. The van der Waals surface area contributed by atoms with Gasteiger partial charge in [-0.05, 0) is 38.7 Å². The summed E-state index contributed by atoms with van der Waals surface area (Å²) < 4.78 is 36.9. The number of carbonyl (C=O) groups excluding carboxylic acids is 1. The number of hydrogen-bond donors (Lipinski definition) is 0. The van der Waals surface area contributed by atoms with Crippen LogP contribution in [0.5, 0.6) is 0 Å².